The highest BCUT2D eigenvalue weighted by atomic mass is 32.1. The van der Waals surface area contributed by atoms with Crippen molar-refractivity contribution in [2.45, 2.75) is 27.3 Å². The van der Waals surface area contributed by atoms with Crippen LogP contribution in [0, 0.1) is 12.8 Å². The lowest BCUT2D eigenvalue weighted by atomic mass is 10.2. The van der Waals surface area contributed by atoms with Gasteiger partial charge < -0.3 is 10.1 Å². The van der Waals surface area contributed by atoms with Crippen molar-refractivity contribution in [3.8, 4) is 0 Å². The van der Waals surface area contributed by atoms with Gasteiger partial charge in [-0.3, -0.25) is 19.0 Å². The van der Waals surface area contributed by atoms with Crippen LogP contribution in [0.1, 0.15) is 29.1 Å². The van der Waals surface area contributed by atoms with E-state index in [4.69, 9.17) is 4.74 Å². The molecule has 2 aromatic heterocycles. The predicted octanol–water partition coefficient (Wildman–Crippen LogP) is 3.22. The van der Waals surface area contributed by atoms with Gasteiger partial charge >= 0.3 is 5.97 Å². The molecule has 0 atom stereocenters. The third kappa shape index (κ3) is 4.28. The molecule has 0 aliphatic heterocycles. The second kappa shape index (κ2) is 8.35. The number of fused-ring (bicyclic) bond motifs is 1. The van der Waals surface area contributed by atoms with Gasteiger partial charge in [-0.15, -0.1) is 11.3 Å². The average molecular weight is 399 g/mol. The standard InChI is InChI=1S/C20H21N3O4S/c1-12(2)10-27-15(24)9-23-11-21-19-16(20(23)26)13(3)17(28-19)18(25)22-14-7-5-4-6-8-14/h4-8,11-12H,9-10H2,1-3H3,(H,22,25). The fraction of sp³-hybridized carbons (Fsp3) is 0.300. The molecule has 0 saturated carbocycles. The molecule has 146 valence electrons. The molecule has 1 aromatic carbocycles. The van der Waals surface area contributed by atoms with Crippen LogP contribution in [-0.4, -0.2) is 28.0 Å². The highest BCUT2D eigenvalue weighted by Crippen LogP contribution is 2.27. The van der Waals surface area contributed by atoms with Gasteiger partial charge in [0.15, 0.2) is 0 Å². The number of rotatable bonds is 6. The summed E-state index contributed by atoms with van der Waals surface area (Å²) >= 11 is 1.15. The minimum absolute atomic E-state index is 0.213. The summed E-state index contributed by atoms with van der Waals surface area (Å²) in [7, 11) is 0. The summed E-state index contributed by atoms with van der Waals surface area (Å²) < 4.78 is 6.34. The summed E-state index contributed by atoms with van der Waals surface area (Å²) in [5.74, 6) is -0.577. The Morgan fingerprint density at radius 3 is 2.64 bits per heavy atom. The summed E-state index contributed by atoms with van der Waals surface area (Å²) in [6.45, 7) is 5.66. The molecule has 28 heavy (non-hydrogen) atoms. The number of hydrogen-bond donors (Lipinski definition) is 1. The lowest BCUT2D eigenvalue weighted by Crippen LogP contribution is -2.26. The van der Waals surface area contributed by atoms with Crippen molar-refractivity contribution in [2.24, 2.45) is 5.92 Å². The molecule has 1 amide bonds. The Labute approximate surface area is 166 Å². The summed E-state index contributed by atoms with van der Waals surface area (Å²) in [4.78, 5) is 42.5. The molecule has 3 rings (SSSR count). The van der Waals surface area contributed by atoms with Crippen molar-refractivity contribution >= 4 is 39.1 Å². The number of para-hydroxylation sites is 1. The predicted molar refractivity (Wildman–Crippen MR) is 109 cm³/mol. The Bertz CT molecular complexity index is 1070. The molecule has 3 aromatic rings. The number of esters is 1. The summed E-state index contributed by atoms with van der Waals surface area (Å²) in [5, 5.41) is 3.16. The number of aryl methyl sites for hydroxylation is 1. The molecule has 0 unspecified atom stereocenters. The number of anilines is 1. The second-order valence-corrected chi connectivity index (χ2v) is 7.81. The number of nitrogens with one attached hydrogen (secondary N) is 1. The van der Waals surface area contributed by atoms with E-state index in [-0.39, 0.29) is 23.9 Å². The number of nitrogens with zero attached hydrogens (tertiary/aromatic N) is 2. The van der Waals surface area contributed by atoms with Crippen LogP contribution in [0.5, 0.6) is 0 Å². The van der Waals surface area contributed by atoms with Gasteiger partial charge in [-0.05, 0) is 30.5 Å². The van der Waals surface area contributed by atoms with Gasteiger partial charge in [0.2, 0.25) is 0 Å². The zero-order valence-corrected chi connectivity index (χ0v) is 16.7. The van der Waals surface area contributed by atoms with E-state index in [1.165, 1.54) is 10.9 Å². The van der Waals surface area contributed by atoms with E-state index in [2.05, 4.69) is 10.3 Å². The summed E-state index contributed by atoms with van der Waals surface area (Å²) in [6, 6.07) is 9.08. The fourth-order valence-electron chi connectivity index (χ4n) is 2.64. The Balaban J connectivity index is 1.87. The monoisotopic (exact) mass is 399 g/mol. The zero-order chi connectivity index (χ0) is 20.3. The third-order valence-electron chi connectivity index (χ3n) is 4.03. The first-order valence-electron chi connectivity index (χ1n) is 8.87. The van der Waals surface area contributed by atoms with Gasteiger partial charge in [-0.2, -0.15) is 0 Å². The van der Waals surface area contributed by atoms with Crippen LogP contribution in [-0.2, 0) is 16.1 Å². The van der Waals surface area contributed by atoms with Crippen LogP contribution in [0.2, 0.25) is 0 Å². The SMILES string of the molecule is Cc1c(C(=O)Nc2ccccc2)sc2ncn(CC(=O)OCC(C)C)c(=O)c12. The second-order valence-electron chi connectivity index (χ2n) is 6.81. The third-order valence-corrected chi connectivity index (χ3v) is 5.23. The molecular formula is C20H21N3O4S. The molecular weight excluding hydrogens is 378 g/mol. The van der Waals surface area contributed by atoms with Crippen LogP contribution >= 0.6 is 11.3 Å². The van der Waals surface area contributed by atoms with E-state index in [9.17, 15) is 14.4 Å². The molecule has 8 heteroatoms. The van der Waals surface area contributed by atoms with Crippen molar-refractivity contribution in [2.75, 3.05) is 11.9 Å². The van der Waals surface area contributed by atoms with Crippen molar-refractivity contribution in [3.63, 3.8) is 0 Å². The molecule has 0 fully saturated rings. The molecule has 0 aliphatic rings. The molecule has 0 saturated heterocycles. The number of carbonyl (C=O) groups excluding carboxylic acids is 2. The maximum Gasteiger partial charge on any atom is 0.326 e. The average Bonchev–Trinajstić information content (AvgIpc) is 3.00. The maximum absolute atomic E-state index is 12.8. The van der Waals surface area contributed by atoms with Crippen molar-refractivity contribution in [1.82, 2.24) is 9.55 Å². The molecule has 1 N–H and O–H groups in total. The Hall–Kier alpha value is -3.00. The van der Waals surface area contributed by atoms with Gasteiger partial charge in [-0.1, -0.05) is 32.0 Å². The lowest BCUT2D eigenvalue weighted by molar-refractivity contribution is -0.145. The van der Waals surface area contributed by atoms with E-state index < -0.39 is 5.97 Å². The quantitative estimate of drug-likeness (QED) is 0.643. The number of hydrogen-bond acceptors (Lipinski definition) is 6. The Morgan fingerprint density at radius 2 is 1.96 bits per heavy atom. The van der Waals surface area contributed by atoms with E-state index in [0.29, 0.717) is 33.0 Å². The summed E-state index contributed by atoms with van der Waals surface area (Å²) in [5.41, 5.74) is 0.859. The summed E-state index contributed by atoms with van der Waals surface area (Å²) in [6.07, 6.45) is 1.32. The van der Waals surface area contributed by atoms with E-state index in [0.717, 1.165) is 11.3 Å². The highest BCUT2D eigenvalue weighted by Gasteiger charge is 2.20. The number of thiophene rings is 1. The topological polar surface area (TPSA) is 90.3 Å². The molecule has 0 radical (unpaired) electrons. The normalized spacial score (nSPS) is 11.0. The number of amides is 1. The highest BCUT2D eigenvalue weighted by molar-refractivity contribution is 7.20. The van der Waals surface area contributed by atoms with Crippen LogP contribution in [0.4, 0.5) is 5.69 Å². The Morgan fingerprint density at radius 1 is 1.25 bits per heavy atom. The van der Waals surface area contributed by atoms with Gasteiger partial charge in [0.25, 0.3) is 11.5 Å². The number of ether oxygens (including phenoxy) is 1. The van der Waals surface area contributed by atoms with Gasteiger partial charge in [0, 0.05) is 5.69 Å². The zero-order valence-electron chi connectivity index (χ0n) is 15.9. The molecule has 0 aliphatic carbocycles. The van der Waals surface area contributed by atoms with Crippen LogP contribution < -0.4 is 10.9 Å². The number of aromatic nitrogens is 2. The number of carbonyl (C=O) groups is 2. The first kappa shape index (κ1) is 19.8. The maximum atomic E-state index is 12.8. The van der Waals surface area contributed by atoms with E-state index >= 15 is 0 Å². The van der Waals surface area contributed by atoms with Gasteiger partial charge in [0.05, 0.1) is 23.2 Å². The van der Waals surface area contributed by atoms with Crippen molar-refractivity contribution in [1.29, 1.82) is 0 Å². The van der Waals surface area contributed by atoms with Crippen LogP contribution in [0.15, 0.2) is 41.5 Å². The largest absolute Gasteiger partial charge is 0.464 e. The number of benzene rings is 1. The van der Waals surface area contributed by atoms with Crippen LogP contribution in [0.25, 0.3) is 10.2 Å². The minimum atomic E-state index is -0.494. The smallest absolute Gasteiger partial charge is 0.326 e. The van der Waals surface area contributed by atoms with Crippen molar-refractivity contribution < 1.29 is 14.3 Å². The first-order chi connectivity index (χ1) is 13.4. The van der Waals surface area contributed by atoms with Crippen LogP contribution in [0.3, 0.4) is 0 Å². The van der Waals surface area contributed by atoms with Crippen molar-refractivity contribution in [3.05, 3.63) is 57.5 Å². The van der Waals surface area contributed by atoms with E-state index in [1.807, 2.05) is 32.0 Å². The first-order valence-corrected chi connectivity index (χ1v) is 9.69. The lowest BCUT2D eigenvalue weighted by Gasteiger charge is -2.08. The van der Waals surface area contributed by atoms with Gasteiger partial charge in [-0.25, -0.2) is 4.98 Å². The molecule has 2 heterocycles. The Kier molecular flexibility index (Phi) is 5.89. The van der Waals surface area contributed by atoms with Gasteiger partial charge in [0.1, 0.15) is 11.4 Å². The molecule has 0 bridgehead atoms. The molecule has 0 spiro atoms. The fourth-order valence-corrected chi connectivity index (χ4v) is 3.68. The molecule has 7 nitrogen and oxygen atoms in total. The van der Waals surface area contributed by atoms with E-state index in [1.54, 1.807) is 19.1 Å². The minimum Gasteiger partial charge on any atom is -0.464 e.